The molecule has 0 saturated heterocycles. The van der Waals surface area contributed by atoms with E-state index in [0.29, 0.717) is 25.0 Å². The number of unbranched alkanes of at least 4 members (excludes halogenated alkanes) is 1. The van der Waals surface area contributed by atoms with Crippen molar-refractivity contribution in [1.82, 2.24) is 47.9 Å². The van der Waals surface area contributed by atoms with Crippen molar-refractivity contribution < 1.29 is 87.9 Å². The Morgan fingerprint density at radius 1 is 0.468 bits per heavy atom. The number of aliphatic hydroxyl groups excluding tert-OH is 1. The van der Waals surface area contributed by atoms with E-state index in [1.807, 2.05) is 6.26 Å². The van der Waals surface area contributed by atoms with Crippen molar-refractivity contribution in [3.63, 3.8) is 0 Å². The standard InChI is InChI=1S/C49H85N11O18S/c1-9-26(6)39(60-40(68)27(7)52-41(69)28(51)19-21-79-8)48(76)58-34(23-61)46(74)53-29(12-10-11-20-50)42(70)54-30(13-16-35(62)63)43(71)55-31(14-17-36(64)65)44(72)59-38(25(4)5)47(75)57-33(22-24(2)3)45(73)56-32(49(77)78)15-18-37(66)67/h24-34,38-39,61H,9-23,50-51H2,1-8H3,(H,52,69)(H,53,74)(H,54,70)(H,55,71)(H,56,73)(H,57,75)(H,58,76)(H,59,72)(H,60,68)(H,62,63)(H,64,65)(H,66,67)(H,77,78)/t26-,27-,28-,29-,30-,31-,32-,33-,34-,38-,39-/m0/s1. The molecule has 0 aromatic heterocycles. The van der Waals surface area contributed by atoms with Crippen LogP contribution in [0.1, 0.15) is 126 Å². The first-order valence-electron chi connectivity index (χ1n) is 26.1. The first kappa shape index (κ1) is 72.3. The summed E-state index contributed by atoms with van der Waals surface area (Å²) in [7, 11) is 0. The Kier molecular flexibility index (Phi) is 34.8. The van der Waals surface area contributed by atoms with E-state index in [1.165, 1.54) is 32.5 Å². The summed E-state index contributed by atoms with van der Waals surface area (Å²) >= 11 is 1.48. The van der Waals surface area contributed by atoms with E-state index in [4.69, 9.17) is 16.6 Å². The van der Waals surface area contributed by atoms with E-state index >= 15 is 0 Å². The van der Waals surface area contributed by atoms with Gasteiger partial charge in [-0.15, -0.1) is 0 Å². The van der Waals surface area contributed by atoms with Gasteiger partial charge in [0.05, 0.1) is 12.6 Å². The number of amides is 9. The summed E-state index contributed by atoms with van der Waals surface area (Å²) in [6.45, 7) is 10.2. The maximum atomic E-state index is 14.0. The summed E-state index contributed by atoms with van der Waals surface area (Å²) in [6, 6.07) is -14.7. The molecule has 0 bridgehead atoms. The van der Waals surface area contributed by atoms with Crippen molar-refractivity contribution in [3.8, 4) is 0 Å². The molecule has 450 valence electrons. The first-order valence-corrected chi connectivity index (χ1v) is 27.5. The largest absolute Gasteiger partial charge is 0.481 e. The van der Waals surface area contributed by atoms with Crippen LogP contribution in [0.3, 0.4) is 0 Å². The van der Waals surface area contributed by atoms with E-state index in [9.17, 15) is 82.8 Å². The first-order chi connectivity index (χ1) is 36.9. The summed E-state index contributed by atoms with van der Waals surface area (Å²) in [4.78, 5) is 169. The molecule has 0 rings (SSSR count). The zero-order chi connectivity index (χ0) is 60.7. The van der Waals surface area contributed by atoms with Crippen LogP contribution in [0.2, 0.25) is 0 Å². The highest BCUT2D eigenvalue weighted by atomic mass is 32.2. The van der Waals surface area contributed by atoms with E-state index in [1.54, 1.807) is 27.7 Å². The highest BCUT2D eigenvalue weighted by molar-refractivity contribution is 7.98. The minimum absolute atomic E-state index is 0.0444. The molecule has 0 unspecified atom stereocenters. The fraction of sp³-hybridized carbons (Fsp3) is 0.735. The molecule has 18 N–H and O–H groups in total. The van der Waals surface area contributed by atoms with Crippen LogP contribution in [0.4, 0.5) is 0 Å². The van der Waals surface area contributed by atoms with Gasteiger partial charge in [0.25, 0.3) is 0 Å². The quantitative estimate of drug-likeness (QED) is 0.0271. The second-order valence-corrected chi connectivity index (χ2v) is 20.8. The second-order valence-electron chi connectivity index (χ2n) is 19.8. The lowest BCUT2D eigenvalue weighted by Crippen LogP contribution is -2.61. The fourth-order valence-electron chi connectivity index (χ4n) is 7.40. The second kappa shape index (κ2) is 38.0. The number of nitrogens with two attached hydrogens (primary N) is 2. The summed E-state index contributed by atoms with van der Waals surface area (Å²) in [5.41, 5.74) is 11.6. The van der Waals surface area contributed by atoms with Gasteiger partial charge in [-0.1, -0.05) is 48.0 Å². The van der Waals surface area contributed by atoms with Crippen molar-refractivity contribution in [3.05, 3.63) is 0 Å². The van der Waals surface area contributed by atoms with Crippen LogP contribution in [-0.2, 0) is 62.3 Å². The molecule has 0 saturated carbocycles. The fourth-order valence-corrected chi connectivity index (χ4v) is 7.89. The molecule has 0 spiro atoms. The van der Waals surface area contributed by atoms with Gasteiger partial charge in [-0.05, 0) is 94.6 Å². The van der Waals surface area contributed by atoms with Crippen LogP contribution in [0.5, 0.6) is 0 Å². The molecule has 79 heavy (non-hydrogen) atoms. The third kappa shape index (κ3) is 28.7. The molecule has 11 atom stereocenters. The minimum Gasteiger partial charge on any atom is -0.481 e. The zero-order valence-electron chi connectivity index (χ0n) is 46.2. The zero-order valence-corrected chi connectivity index (χ0v) is 47.0. The number of carboxylic acid groups (broad SMARTS) is 4. The molecule has 0 aromatic carbocycles. The van der Waals surface area contributed by atoms with Crippen LogP contribution < -0.4 is 59.3 Å². The summed E-state index contributed by atoms with van der Waals surface area (Å²) in [5.74, 6) is -15.4. The van der Waals surface area contributed by atoms with E-state index in [-0.39, 0.29) is 31.7 Å². The van der Waals surface area contributed by atoms with E-state index in [0.717, 1.165) is 0 Å². The smallest absolute Gasteiger partial charge is 0.326 e. The maximum Gasteiger partial charge on any atom is 0.326 e. The molecular formula is C49H85N11O18S. The number of aliphatic carboxylic acids is 4. The third-order valence-electron chi connectivity index (χ3n) is 12.3. The lowest BCUT2D eigenvalue weighted by molar-refractivity contribution is -0.144. The molecule has 0 aliphatic heterocycles. The van der Waals surface area contributed by atoms with Gasteiger partial charge < -0.3 is 84.9 Å². The Labute approximate surface area is 463 Å². The average Bonchev–Trinajstić information content (AvgIpc) is 3.37. The highest BCUT2D eigenvalue weighted by Gasteiger charge is 2.37. The van der Waals surface area contributed by atoms with E-state index in [2.05, 4.69) is 47.9 Å². The normalized spacial score (nSPS) is 15.4. The summed E-state index contributed by atoms with van der Waals surface area (Å²) < 4.78 is 0. The summed E-state index contributed by atoms with van der Waals surface area (Å²) in [5, 5.41) is 69.7. The van der Waals surface area contributed by atoms with Crippen molar-refractivity contribution >= 4 is 88.8 Å². The Morgan fingerprint density at radius 2 is 0.873 bits per heavy atom. The molecular weight excluding hydrogens is 1060 g/mol. The number of nitrogens with one attached hydrogen (secondary N) is 9. The number of carbonyl (C=O) groups is 13. The molecule has 0 heterocycles. The van der Waals surface area contributed by atoms with Gasteiger partial charge in [-0.3, -0.25) is 57.5 Å². The number of carboxylic acids is 4. The Bertz CT molecular complexity index is 2080. The number of thioether (sulfide) groups is 1. The van der Waals surface area contributed by atoms with Crippen LogP contribution >= 0.6 is 11.8 Å². The van der Waals surface area contributed by atoms with Crippen LogP contribution in [0.15, 0.2) is 0 Å². The predicted octanol–water partition coefficient (Wildman–Crippen LogP) is -3.00. The molecule has 29 nitrogen and oxygen atoms in total. The molecule has 9 amide bonds. The van der Waals surface area contributed by atoms with Crippen LogP contribution in [-0.4, -0.2) is 188 Å². The average molecular weight is 1150 g/mol. The number of hydrogen-bond acceptors (Lipinski definition) is 17. The molecule has 0 aliphatic rings. The number of aliphatic hydroxyl groups is 1. The summed E-state index contributed by atoms with van der Waals surface area (Å²) in [6.07, 6.45) is -0.945. The molecule has 0 fully saturated rings. The minimum atomic E-state index is -1.78. The number of hydrogen-bond donors (Lipinski definition) is 16. The maximum absolute atomic E-state index is 14.0. The lowest BCUT2D eigenvalue weighted by Gasteiger charge is -2.29. The lowest BCUT2D eigenvalue weighted by atomic mass is 9.97. The van der Waals surface area contributed by atoms with Crippen LogP contribution in [0, 0.1) is 17.8 Å². The van der Waals surface area contributed by atoms with Gasteiger partial charge in [0.2, 0.25) is 53.2 Å². The monoisotopic (exact) mass is 1150 g/mol. The molecule has 0 aromatic rings. The van der Waals surface area contributed by atoms with Gasteiger partial charge in [-0.25, -0.2) is 4.79 Å². The highest BCUT2D eigenvalue weighted by Crippen LogP contribution is 2.13. The SMILES string of the molecule is CC[C@H](C)[C@H](NC(=O)[C@H](C)NC(=O)[C@@H](N)CCSC)C(=O)N[C@@H](CO)C(=O)N[C@@H](CCCCN)C(=O)N[C@@H](CCC(=O)O)C(=O)N[C@@H](CCC(=O)O)C(=O)N[C@H](C(=O)N[C@@H](CC(C)C)C(=O)N[C@@H](CCC(=O)O)C(=O)O)C(C)C. The Hall–Kier alpha value is -6.66. The predicted molar refractivity (Wildman–Crippen MR) is 286 cm³/mol. The van der Waals surface area contributed by atoms with Gasteiger partial charge >= 0.3 is 23.9 Å². The van der Waals surface area contributed by atoms with E-state index < -0.39 is 194 Å². The third-order valence-corrected chi connectivity index (χ3v) is 13.0. The van der Waals surface area contributed by atoms with Gasteiger partial charge in [-0.2, -0.15) is 11.8 Å². The van der Waals surface area contributed by atoms with Crippen molar-refractivity contribution in [2.75, 3.05) is 25.2 Å². The molecule has 0 aliphatic carbocycles. The van der Waals surface area contributed by atoms with Crippen molar-refractivity contribution in [2.24, 2.45) is 29.2 Å². The van der Waals surface area contributed by atoms with Gasteiger partial charge in [0.1, 0.15) is 54.4 Å². The topological polar surface area (TPSA) is 483 Å². The van der Waals surface area contributed by atoms with Crippen molar-refractivity contribution in [1.29, 1.82) is 0 Å². The number of carbonyl (C=O) groups excluding carboxylic acids is 9. The van der Waals surface area contributed by atoms with Gasteiger partial charge in [0.15, 0.2) is 0 Å². The Morgan fingerprint density at radius 3 is 1.30 bits per heavy atom. The molecule has 30 heteroatoms. The molecule has 0 radical (unpaired) electrons. The number of rotatable bonds is 41. The van der Waals surface area contributed by atoms with Crippen molar-refractivity contribution in [2.45, 2.75) is 186 Å². The van der Waals surface area contributed by atoms with Crippen LogP contribution in [0.25, 0.3) is 0 Å². The Balaban J connectivity index is 6.69. The van der Waals surface area contributed by atoms with Gasteiger partial charge in [0, 0.05) is 19.3 Å².